The monoisotopic (exact) mass is 350 g/mol. The van der Waals surface area contributed by atoms with E-state index in [-0.39, 0.29) is 5.41 Å². The smallest absolute Gasteiger partial charge is 0.0162 e. The molecule has 0 bridgehead atoms. The third-order valence-electron chi connectivity index (χ3n) is 3.67. The van der Waals surface area contributed by atoms with Crippen LogP contribution in [0.2, 0.25) is 0 Å². The van der Waals surface area contributed by atoms with E-state index >= 15 is 0 Å². The molecule has 0 aliphatic heterocycles. The molecular formula is C17H19I. The maximum Gasteiger partial charge on any atom is 0.0162 e. The summed E-state index contributed by atoms with van der Waals surface area (Å²) in [4.78, 5) is 0. The van der Waals surface area contributed by atoms with Gasteiger partial charge in [-0.05, 0) is 59.2 Å². The Bertz CT molecular complexity index is 550. The largest absolute Gasteiger partial charge is 0.0590 e. The van der Waals surface area contributed by atoms with Crippen LogP contribution in [0, 0.1) is 17.4 Å². The minimum absolute atomic E-state index is 0.0569. The Morgan fingerprint density at radius 3 is 1.94 bits per heavy atom. The highest BCUT2D eigenvalue weighted by Crippen LogP contribution is 2.32. The van der Waals surface area contributed by atoms with E-state index in [0.717, 1.165) is 0 Å². The summed E-state index contributed by atoms with van der Waals surface area (Å²) in [5.41, 5.74) is 5.46. The molecule has 0 saturated heterocycles. The molecule has 0 atom stereocenters. The number of aryl methyl sites for hydroxylation is 2. The first-order valence-electron chi connectivity index (χ1n) is 6.25. The maximum absolute atomic E-state index is 2.41. The lowest BCUT2D eigenvalue weighted by Crippen LogP contribution is -2.19. The van der Waals surface area contributed by atoms with Gasteiger partial charge in [0.15, 0.2) is 0 Å². The fourth-order valence-corrected chi connectivity index (χ4v) is 2.63. The van der Waals surface area contributed by atoms with Gasteiger partial charge in [0.2, 0.25) is 0 Å². The van der Waals surface area contributed by atoms with Gasteiger partial charge in [-0.3, -0.25) is 0 Å². The van der Waals surface area contributed by atoms with Gasteiger partial charge in [-0.15, -0.1) is 0 Å². The van der Waals surface area contributed by atoms with Crippen LogP contribution < -0.4 is 0 Å². The molecular weight excluding hydrogens is 331 g/mol. The first kappa shape index (κ1) is 13.6. The van der Waals surface area contributed by atoms with Crippen LogP contribution in [0.4, 0.5) is 0 Å². The van der Waals surface area contributed by atoms with Gasteiger partial charge >= 0.3 is 0 Å². The van der Waals surface area contributed by atoms with E-state index in [1.165, 1.54) is 25.8 Å². The molecule has 0 fully saturated rings. The molecule has 2 aromatic carbocycles. The van der Waals surface area contributed by atoms with Crippen LogP contribution in [0.15, 0.2) is 42.5 Å². The van der Waals surface area contributed by atoms with E-state index in [1.807, 2.05) is 0 Å². The topological polar surface area (TPSA) is 0 Å². The van der Waals surface area contributed by atoms with Crippen molar-refractivity contribution in [3.63, 3.8) is 0 Å². The summed E-state index contributed by atoms with van der Waals surface area (Å²) in [5.74, 6) is 0. The Morgan fingerprint density at radius 2 is 1.39 bits per heavy atom. The van der Waals surface area contributed by atoms with Crippen LogP contribution in [0.25, 0.3) is 0 Å². The second-order valence-corrected chi connectivity index (χ2v) is 6.62. The van der Waals surface area contributed by atoms with Gasteiger partial charge in [0.1, 0.15) is 0 Å². The van der Waals surface area contributed by atoms with Crippen molar-refractivity contribution in [2.75, 3.05) is 0 Å². The Kier molecular flexibility index (Phi) is 3.81. The fourth-order valence-electron chi connectivity index (χ4n) is 2.12. The molecule has 94 valence electrons. The zero-order valence-electron chi connectivity index (χ0n) is 11.4. The molecule has 0 aliphatic rings. The minimum atomic E-state index is 0.0569. The van der Waals surface area contributed by atoms with Crippen molar-refractivity contribution < 1.29 is 0 Å². The lowest BCUT2D eigenvalue weighted by atomic mass is 9.78. The number of rotatable bonds is 2. The van der Waals surface area contributed by atoms with E-state index in [4.69, 9.17) is 0 Å². The van der Waals surface area contributed by atoms with Crippen LogP contribution in [0.5, 0.6) is 0 Å². The molecule has 0 aromatic heterocycles. The normalized spacial score (nSPS) is 11.6. The third-order valence-corrected chi connectivity index (χ3v) is 4.83. The third kappa shape index (κ3) is 2.61. The maximum atomic E-state index is 2.41. The molecule has 0 nitrogen and oxygen atoms in total. The summed E-state index contributed by atoms with van der Waals surface area (Å²) in [6.07, 6.45) is 0. The van der Waals surface area contributed by atoms with Crippen LogP contribution in [0.3, 0.4) is 0 Å². The number of hydrogen-bond donors (Lipinski definition) is 0. The van der Waals surface area contributed by atoms with E-state index in [0.29, 0.717) is 0 Å². The average Bonchev–Trinajstić information content (AvgIpc) is 2.33. The SMILES string of the molecule is Cc1ccc(C(C)(C)c2ccc(C)c(I)c2)cc1. The quantitative estimate of drug-likeness (QED) is 0.651. The second kappa shape index (κ2) is 5.04. The zero-order chi connectivity index (χ0) is 13.3. The fraction of sp³-hybridized carbons (Fsp3) is 0.294. The van der Waals surface area contributed by atoms with Gasteiger partial charge < -0.3 is 0 Å². The van der Waals surface area contributed by atoms with Gasteiger partial charge in [-0.2, -0.15) is 0 Å². The predicted octanol–water partition coefficient (Wildman–Crippen LogP) is 5.23. The molecule has 2 rings (SSSR count). The van der Waals surface area contributed by atoms with Crippen LogP contribution in [0.1, 0.15) is 36.1 Å². The average molecular weight is 350 g/mol. The number of halogens is 1. The highest BCUT2D eigenvalue weighted by Gasteiger charge is 2.23. The lowest BCUT2D eigenvalue weighted by Gasteiger charge is -2.26. The predicted molar refractivity (Wildman–Crippen MR) is 87.2 cm³/mol. The highest BCUT2D eigenvalue weighted by molar-refractivity contribution is 14.1. The first-order valence-corrected chi connectivity index (χ1v) is 7.33. The Labute approximate surface area is 124 Å². The van der Waals surface area contributed by atoms with E-state index in [1.54, 1.807) is 0 Å². The summed E-state index contributed by atoms with van der Waals surface area (Å²) in [7, 11) is 0. The highest BCUT2D eigenvalue weighted by atomic mass is 127. The van der Waals surface area contributed by atoms with Crippen molar-refractivity contribution >= 4 is 22.6 Å². The van der Waals surface area contributed by atoms with Gasteiger partial charge in [0.05, 0.1) is 0 Å². The molecule has 0 spiro atoms. The molecule has 18 heavy (non-hydrogen) atoms. The molecule has 0 radical (unpaired) electrons. The van der Waals surface area contributed by atoms with E-state index < -0.39 is 0 Å². The Hall–Kier alpha value is -0.830. The van der Waals surface area contributed by atoms with Gasteiger partial charge in [-0.1, -0.05) is 55.8 Å². The molecule has 0 aliphatic carbocycles. The van der Waals surface area contributed by atoms with Crippen molar-refractivity contribution in [2.24, 2.45) is 0 Å². The standard InChI is InChI=1S/C17H19I/c1-12-5-8-14(9-6-12)17(3,4)15-10-7-13(2)16(18)11-15/h5-11H,1-4H3. The van der Waals surface area contributed by atoms with Crippen LogP contribution >= 0.6 is 22.6 Å². The minimum Gasteiger partial charge on any atom is -0.0590 e. The summed E-state index contributed by atoms with van der Waals surface area (Å²) in [5, 5.41) is 0. The van der Waals surface area contributed by atoms with E-state index in [9.17, 15) is 0 Å². The number of hydrogen-bond acceptors (Lipinski definition) is 0. The van der Waals surface area contributed by atoms with Crippen molar-refractivity contribution in [3.8, 4) is 0 Å². The van der Waals surface area contributed by atoms with Crippen LogP contribution in [-0.4, -0.2) is 0 Å². The van der Waals surface area contributed by atoms with Crippen molar-refractivity contribution in [1.82, 2.24) is 0 Å². The van der Waals surface area contributed by atoms with Crippen molar-refractivity contribution in [1.29, 1.82) is 0 Å². The lowest BCUT2D eigenvalue weighted by molar-refractivity contribution is 0.640. The zero-order valence-corrected chi connectivity index (χ0v) is 13.6. The summed E-state index contributed by atoms with van der Waals surface area (Å²) >= 11 is 2.41. The van der Waals surface area contributed by atoms with Crippen LogP contribution in [-0.2, 0) is 5.41 Å². The Balaban J connectivity index is 2.46. The van der Waals surface area contributed by atoms with Gasteiger partial charge in [0, 0.05) is 8.99 Å². The molecule has 0 N–H and O–H groups in total. The molecule has 0 amide bonds. The van der Waals surface area contributed by atoms with Crippen molar-refractivity contribution in [3.05, 3.63) is 68.3 Å². The summed E-state index contributed by atoms with van der Waals surface area (Å²) in [6, 6.07) is 15.6. The summed E-state index contributed by atoms with van der Waals surface area (Å²) < 4.78 is 1.34. The molecule has 0 saturated carbocycles. The second-order valence-electron chi connectivity index (χ2n) is 5.45. The number of benzene rings is 2. The van der Waals surface area contributed by atoms with Gasteiger partial charge in [-0.25, -0.2) is 0 Å². The summed E-state index contributed by atoms with van der Waals surface area (Å²) in [6.45, 7) is 8.87. The Morgan fingerprint density at radius 1 is 0.833 bits per heavy atom. The molecule has 2 aromatic rings. The first-order chi connectivity index (χ1) is 8.41. The van der Waals surface area contributed by atoms with E-state index in [2.05, 4.69) is 92.8 Å². The molecule has 0 heterocycles. The van der Waals surface area contributed by atoms with Crippen molar-refractivity contribution in [2.45, 2.75) is 33.1 Å². The molecule has 0 unspecified atom stereocenters. The van der Waals surface area contributed by atoms with Gasteiger partial charge in [0.25, 0.3) is 0 Å². The molecule has 1 heteroatoms.